The van der Waals surface area contributed by atoms with Crippen LogP contribution in [0.3, 0.4) is 0 Å². The molecule has 1 heterocycles. The molecule has 15 heavy (non-hydrogen) atoms. The van der Waals surface area contributed by atoms with E-state index in [1.807, 2.05) is 0 Å². The van der Waals surface area contributed by atoms with Crippen molar-refractivity contribution in [1.29, 1.82) is 0 Å². The molecule has 0 saturated carbocycles. The highest BCUT2D eigenvalue weighted by Gasteiger charge is 2.39. The summed E-state index contributed by atoms with van der Waals surface area (Å²) in [7, 11) is -3.62. The molecule has 1 aliphatic rings. The van der Waals surface area contributed by atoms with Gasteiger partial charge in [-0.3, -0.25) is 0 Å². The second-order valence-electron chi connectivity index (χ2n) is 3.92. The maximum Gasteiger partial charge on any atom is 0.335 e. The molecule has 0 bridgehead atoms. The van der Waals surface area contributed by atoms with Crippen LogP contribution in [0.4, 0.5) is 4.79 Å². The number of nitrogens with zero attached hydrogens (tertiary/aromatic N) is 2. The van der Waals surface area contributed by atoms with Crippen molar-refractivity contribution in [2.75, 3.05) is 6.26 Å². The molecule has 0 aliphatic carbocycles. The molecule has 0 atom stereocenters. The van der Waals surface area contributed by atoms with Gasteiger partial charge in [-0.25, -0.2) is 9.80 Å². The molecule has 0 unspecified atom stereocenters. The lowest BCUT2D eigenvalue weighted by molar-refractivity contribution is 0.163. The average molecular weight is 235 g/mol. The van der Waals surface area contributed by atoms with Crippen molar-refractivity contribution in [2.24, 2.45) is 10.8 Å². The highest BCUT2D eigenvalue weighted by atomic mass is 32.2. The summed E-state index contributed by atoms with van der Waals surface area (Å²) in [6.45, 7) is 3.42. The lowest BCUT2D eigenvalue weighted by atomic mass is 10.0. The summed E-state index contributed by atoms with van der Waals surface area (Å²) in [5.41, 5.74) is 4.41. The molecule has 0 saturated heterocycles. The van der Waals surface area contributed by atoms with Gasteiger partial charge in [0.1, 0.15) is 0 Å². The van der Waals surface area contributed by atoms with Crippen molar-refractivity contribution in [1.82, 2.24) is 5.01 Å². The first kappa shape index (κ1) is 11.8. The average Bonchev–Trinajstić information content (AvgIpc) is 2.20. The van der Waals surface area contributed by atoms with Gasteiger partial charge in [-0.1, -0.05) is 0 Å². The van der Waals surface area contributed by atoms with Crippen molar-refractivity contribution in [3.8, 4) is 0 Å². The number of amides is 2. The lowest BCUT2D eigenvalue weighted by Gasteiger charge is -2.25. The number of rotatable bonds is 1. The number of hydrogen-bond acceptors (Lipinski definition) is 5. The first-order valence-corrected chi connectivity index (χ1v) is 6.00. The Hall–Kier alpha value is -1.31. The van der Waals surface area contributed by atoms with E-state index in [-0.39, 0.29) is 12.3 Å². The molecule has 7 nitrogen and oxygen atoms in total. The maximum absolute atomic E-state index is 11.0. The van der Waals surface area contributed by atoms with E-state index in [1.54, 1.807) is 13.8 Å². The van der Waals surface area contributed by atoms with E-state index in [1.165, 1.54) is 0 Å². The molecule has 86 valence electrons. The number of urea groups is 1. The van der Waals surface area contributed by atoms with Crippen molar-refractivity contribution in [2.45, 2.75) is 25.8 Å². The molecular weight excluding hydrogens is 222 g/mol. The van der Waals surface area contributed by atoms with Crippen molar-refractivity contribution in [3.63, 3.8) is 0 Å². The number of primary amides is 1. The number of carbonyl (C=O) groups is 1. The molecule has 2 amide bonds. The summed E-state index contributed by atoms with van der Waals surface area (Å²) in [4.78, 5) is 11.0. The summed E-state index contributed by atoms with van der Waals surface area (Å²) in [5, 5.41) is 4.71. The smallest absolute Gasteiger partial charge is 0.335 e. The van der Waals surface area contributed by atoms with Gasteiger partial charge in [-0.15, -0.1) is 5.10 Å². The molecule has 1 rings (SSSR count). The van der Waals surface area contributed by atoms with Crippen molar-refractivity contribution in [3.05, 3.63) is 0 Å². The van der Waals surface area contributed by atoms with Crippen LogP contribution in [-0.4, -0.2) is 37.2 Å². The molecular formula is C7H13N3O4S. The Kier molecular flexibility index (Phi) is 2.64. The van der Waals surface area contributed by atoms with Gasteiger partial charge in [0.2, 0.25) is 5.90 Å². The summed E-state index contributed by atoms with van der Waals surface area (Å²) in [5.74, 6) is -0.0266. The first-order chi connectivity index (χ1) is 6.62. The predicted octanol–water partition coefficient (Wildman–Crippen LogP) is -0.161. The minimum Gasteiger partial charge on any atom is -0.365 e. The van der Waals surface area contributed by atoms with E-state index < -0.39 is 21.7 Å². The number of nitrogens with two attached hydrogens (primary N) is 1. The van der Waals surface area contributed by atoms with Crippen LogP contribution < -0.4 is 5.73 Å². The number of hydrazone groups is 1. The summed E-state index contributed by atoms with van der Waals surface area (Å²) < 4.78 is 26.3. The Morgan fingerprint density at radius 1 is 1.60 bits per heavy atom. The Morgan fingerprint density at radius 3 is 2.47 bits per heavy atom. The fourth-order valence-corrected chi connectivity index (χ4v) is 1.74. The fourth-order valence-electron chi connectivity index (χ4n) is 1.30. The zero-order chi connectivity index (χ0) is 11.9. The Bertz CT molecular complexity index is 412. The van der Waals surface area contributed by atoms with E-state index in [0.717, 1.165) is 11.3 Å². The summed E-state index contributed by atoms with van der Waals surface area (Å²) >= 11 is 0. The van der Waals surface area contributed by atoms with Gasteiger partial charge in [0.25, 0.3) is 0 Å². The van der Waals surface area contributed by atoms with Gasteiger partial charge in [0.15, 0.2) is 0 Å². The SMILES string of the molecule is CC1(C)CC(OS(C)(=O)=O)=NN1C(N)=O. The van der Waals surface area contributed by atoms with Crippen LogP contribution in [0.1, 0.15) is 20.3 Å². The minimum absolute atomic E-state index is 0.0266. The van der Waals surface area contributed by atoms with Gasteiger partial charge >= 0.3 is 16.1 Å². The molecule has 0 radical (unpaired) electrons. The predicted molar refractivity (Wildman–Crippen MR) is 53.5 cm³/mol. The third-order valence-corrected chi connectivity index (χ3v) is 2.32. The minimum atomic E-state index is -3.62. The van der Waals surface area contributed by atoms with Crippen LogP contribution in [0.25, 0.3) is 0 Å². The van der Waals surface area contributed by atoms with Crippen molar-refractivity contribution >= 4 is 22.0 Å². The van der Waals surface area contributed by atoms with Gasteiger partial charge in [0.05, 0.1) is 18.2 Å². The molecule has 8 heteroatoms. The normalized spacial score (nSPS) is 19.9. The van der Waals surface area contributed by atoms with Gasteiger partial charge in [-0.05, 0) is 13.8 Å². The third-order valence-electron chi connectivity index (χ3n) is 1.83. The zero-order valence-corrected chi connectivity index (χ0v) is 9.54. The molecule has 2 N–H and O–H groups in total. The highest BCUT2D eigenvalue weighted by molar-refractivity contribution is 7.86. The van der Waals surface area contributed by atoms with E-state index >= 15 is 0 Å². The van der Waals surface area contributed by atoms with Gasteiger partial charge in [-0.2, -0.15) is 8.42 Å². The fraction of sp³-hybridized carbons (Fsp3) is 0.714. The van der Waals surface area contributed by atoms with Gasteiger partial charge in [0, 0.05) is 0 Å². The standard InChI is InChI=1S/C7H13N3O4S/c1-7(2)4-5(14-15(3,12)13)9-10(7)6(8)11/h4H2,1-3H3,(H2,8,11). The quantitative estimate of drug-likeness (QED) is 0.638. The Labute approximate surface area is 88.0 Å². The number of carbonyl (C=O) groups excluding carboxylic acids is 1. The molecule has 0 aromatic heterocycles. The van der Waals surface area contributed by atoms with Gasteiger partial charge < -0.3 is 9.92 Å². The topological polar surface area (TPSA) is 102 Å². The highest BCUT2D eigenvalue weighted by Crippen LogP contribution is 2.27. The number of hydrogen-bond donors (Lipinski definition) is 1. The van der Waals surface area contributed by atoms with Crippen LogP contribution in [0.5, 0.6) is 0 Å². The molecule has 0 aromatic rings. The molecule has 1 aliphatic heterocycles. The molecule has 0 spiro atoms. The monoisotopic (exact) mass is 235 g/mol. The van der Waals surface area contributed by atoms with Crippen LogP contribution in [-0.2, 0) is 14.3 Å². The van der Waals surface area contributed by atoms with Crippen LogP contribution in [0.2, 0.25) is 0 Å². The summed E-state index contributed by atoms with van der Waals surface area (Å²) in [6.07, 6.45) is 1.12. The van der Waals surface area contributed by atoms with E-state index in [0.29, 0.717) is 0 Å². The Balaban J connectivity index is 2.90. The Morgan fingerprint density at radius 2 is 2.13 bits per heavy atom. The molecule has 0 fully saturated rings. The summed E-state index contributed by atoms with van der Waals surface area (Å²) in [6, 6.07) is -0.743. The van der Waals surface area contributed by atoms with E-state index in [2.05, 4.69) is 9.28 Å². The zero-order valence-electron chi connectivity index (χ0n) is 8.72. The van der Waals surface area contributed by atoms with Crippen LogP contribution >= 0.6 is 0 Å². The second-order valence-corrected chi connectivity index (χ2v) is 5.50. The van der Waals surface area contributed by atoms with Crippen LogP contribution in [0.15, 0.2) is 5.10 Å². The van der Waals surface area contributed by atoms with Crippen molar-refractivity contribution < 1.29 is 17.4 Å². The van der Waals surface area contributed by atoms with E-state index in [9.17, 15) is 13.2 Å². The molecule has 0 aromatic carbocycles. The maximum atomic E-state index is 11.0. The third kappa shape index (κ3) is 2.82. The lowest BCUT2D eigenvalue weighted by Crippen LogP contribution is -2.43. The van der Waals surface area contributed by atoms with Crippen LogP contribution in [0, 0.1) is 0 Å². The first-order valence-electron chi connectivity index (χ1n) is 4.18. The van der Waals surface area contributed by atoms with E-state index in [4.69, 9.17) is 5.73 Å². The second kappa shape index (κ2) is 3.37. The largest absolute Gasteiger partial charge is 0.365 e.